The highest BCUT2D eigenvalue weighted by atomic mass is 16.5. The van der Waals surface area contributed by atoms with Crippen LogP contribution in [0.5, 0.6) is 5.75 Å². The summed E-state index contributed by atoms with van der Waals surface area (Å²) in [4.78, 5) is 17.7. The molecule has 0 amide bonds. The third-order valence-electron chi connectivity index (χ3n) is 5.15. The third kappa shape index (κ3) is 4.12. The van der Waals surface area contributed by atoms with Crippen molar-refractivity contribution in [2.45, 2.75) is 13.5 Å². The minimum Gasteiger partial charge on any atom is -0.496 e. The molecule has 0 atom stereocenters. The van der Waals surface area contributed by atoms with Crippen molar-refractivity contribution in [3.63, 3.8) is 0 Å². The summed E-state index contributed by atoms with van der Waals surface area (Å²) in [6.07, 6.45) is 5.49. The van der Waals surface area contributed by atoms with Crippen LogP contribution in [0.1, 0.15) is 11.4 Å². The highest BCUT2D eigenvalue weighted by Gasteiger charge is 2.19. The lowest BCUT2D eigenvalue weighted by atomic mass is 10.0. The van der Waals surface area contributed by atoms with E-state index < -0.39 is 0 Å². The highest BCUT2D eigenvalue weighted by molar-refractivity contribution is 5.65. The van der Waals surface area contributed by atoms with Gasteiger partial charge in [0, 0.05) is 56.9 Å². The fourth-order valence-electron chi connectivity index (χ4n) is 3.62. The maximum absolute atomic E-state index is 5.61. The topological polar surface area (TPSA) is 54.4 Å². The molecule has 0 N–H and O–H groups in total. The first kappa shape index (κ1) is 18.4. The van der Waals surface area contributed by atoms with E-state index in [1.165, 1.54) is 16.7 Å². The highest BCUT2D eigenvalue weighted by Crippen LogP contribution is 2.28. The molecule has 2 aromatic heterocycles. The molecule has 1 fully saturated rings. The van der Waals surface area contributed by atoms with E-state index in [4.69, 9.17) is 4.74 Å². The largest absolute Gasteiger partial charge is 0.496 e. The molecule has 0 unspecified atom stereocenters. The van der Waals surface area contributed by atoms with E-state index in [-0.39, 0.29) is 0 Å². The number of anilines is 1. The summed E-state index contributed by atoms with van der Waals surface area (Å²) in [5.41, 5.74) is 3.57. The number of nitrogens with zero attached hydrogens (tertiary/aromatic N) is 5. The van der Waals surface area contributed by atoms with Gasteiger partial charge in [0.15, 0.2) is 0 Å². The smallest absolute Gasteiger partial charge is 0.132 e. The number of hydrogen-bond acceptors (Lipinski definition) is 6. The van der Waals surface area contributed by atoms with Crippen molar-refractivity contribution in [1.29, 1.82) is 0 Å². The van der Waals surface area contributed by atoms with Gasteiger partial charge in [-0.15, -0.1) is 0 Å². The van der Waals surface area contributed by atoms with Crippen LogP contribution < -0.4 is 9.64 Å². The molecule has 6 heteroatoms. The van der Waals surface area contributed by atoms with Gasteiger partial charge in [0.25, 0.3) is 0 Å². The van der Waals surface area contributed by atoms with Crippen LogP contribution >= 0.6 is 0 Å². The van der Waals surface area contributed by atoms with E-state index in [2.05, 4.69) is 43.0 Å². The molecule has 0 spiro atoms. The molecule has 4 rings (SSSR count). The van der Waals surface area contributed by atoms with E-state index in [1.807, 2.05) is 43.7 Å². The minimum absolute atomic E-state index is 0.817. The zero-order chi connectivity index (χ0) is 19.3. The predicted octanol–water partition coefficient (Wildman–Crippen LogP) is 3.18. The van der Waals surface area contributed by atoms with Crippen LogP contribution in [0.2, 0.25) is 0 Å². The predicted molar refractivity (Wildman–Crippen MR) is 110 cm³/mol. The van der Waals surface area contributed by atoms with Gasteiger partial charge in [-0.1, -0.05) is 6.07 Å². The van der Waals surface area contributed by atoms with Crippen LogP contribution in [-0.4, -0.2) is 53.1 Å². The molecule has 3 aromatic rings. The summed E-state index contributed by atoms with van der Waals surface area (Å²) in [6, 6.07) is 12.5. The Morgan fingerprint density at radius 3 is 2.43 bits per heavy atom. The van der Waals surface area contributed by atoms with E-state index in [9.17, 15) is 0 Å². The first-order valence-electron chi connectivity index (χ1n) is 9.57. The Morgan fingerprint density at radius 1 is 0.929 bits per heavy atom. The van der Waals surface area contributed by atoms with Crippen LogP contribution in [0.25, 0.3) is 11.1 Å². The molecule has 0 aliphatic carbocycles. The molecule has 28 heavy (non-hydrogen) atoms. The number of aromatic nitrogens is 3. The SMILES string of the molecule is COc1ccc(-c2ccncc2)cc1CN1CCN(c2ccnc(C)n2)CC1. The van der Waals surface area contributed by atoms with Gasteiger partial charge in [-0.3, -0.25) is 9.88 Å². The van der Waals surface area contributed by atoms with Crippen molar-refractivity contribution in [3.05, 3.63) is 66.4 Å². The zero-order valence-electron chi connectivity index (χ0n) is 16.4. The van der Waals surface area contributed by atoms with E-state index >= 15 is 0 Å². The molecular weight excluding hydrogens is 350 g/mol. The second kappa shape index (κ2) is 8.35. The van der Waals surface area contributed by atoms with Crippen LogP contribution in [0.4, 0.5) is 5.82 Å². The zero-order valence-corrected chi connectivity index (χ0v) is 16.4. The van der Waals surface area contributed by atoms with Gasteiger partial charge >= 0.3 is 0 Å². The molecule has 6 nitrogen and oxygen atoms in total. The van der Waals surface area contributed by atoms with Crippen molar-refractivity contribution >= 4 is 5.82 Å². The van der Waals surface area contributed by atoms with Crippen LogP contribution in [0.3, 0.4) is 0 Å². The van der Waals surface area contributed by atoms with Crippen molar-refractivity contribution in [3.8, 4) is 16.9 Å². The maximum Gasteiger partial charge on any atom is 0.132 e. The Balaban J connectivity index is 1.46. The van der Waals surface area contributed by atoms with Gasteiger partial charge < -0.3 is 9.64 Å². The number of aryl methyl sites for hydroxylation is 1. The fraction of sp³-hybridized carbons (Fsp3) is 0.318. The van der Waals surface area contributed by atoms with Crippen molar-refractivity contribution in [2.24, 2.45) is 0 Å². The summed E-state index contributed by atoms with van der Waals surface area (Å²) in [5, 5.41) is 0. The van der Waals surface area contributed by atoms with Gasteiger partial charge in [-0.2, -0.15) is 0 Å². The molecule has 1 aromatic carbocycles. The van der Waals surface area contributed by atoms with Gasteiger partial charge in [0.1, 0.15) is 17.4 Å². The van der Waals surface area contributed by atoms with Crippen molar-refractivity contribution in [1.82, 2.24) is 19.9 Å². The first-order chi connectivity index (χ1) is 13.7. The molecule has 1 saturated heterocycles. The summed E-state index contributed by atoms with van der Waals surface area (Å²) >= 11 is 0. The molecule has 0 saturated carbocycles. The van der Waals surface area contributed by atoms with Crippen LogP contribution in [0, 0.1) is 6.92 Å². The summed E-state index contributed by atoms with van der Waals surface area (Å²) in [5.74, 6) is 2.77. The Kier molecular flexibility index (Phi) is 5.48. The van der Waals surface area contributed by atoms with Crippen LogP contribution in [-0.2, 0) is 6.54 Å². The molecule has 1 aliphatic rings. The Hall–Kier alpha value is -2.99. The van der Waals surface area contributed by atoms with Gasteiger partial charge in [-0.05, 0) is 48.4 Å². The lowest BCUT2D eigenvalue weighted by Crippen LogP contribution is -2.46. The summed E-state index contributed by atoms with van der Waals surface area (Å²) in [7, 11) is 1.74. The van der Waals surface area contributed by atoms with Gasteiger partial charge in [0.2, 0.25) is 0 Å². The Morgan fingerprint density at radius 2 is 1.71 bits per heavy atom. The van der Waals surface area contributed by atoms with E-state index in [0.29, 0.717) is 0 Å². The first-order valence-corrected chi connectivity index (χ1v) is 9.57. The standard InChI is InChI=1S/C22H25N5O/c1-17-24-10-7-22(25-17)27-13-11-26(12-14-27)16-20-15-19(3-4-21(20)28-2)18-5-8-23-9-6-18/h3-10,15H,11-14,16H2,1-2H3. The van der Waals surface area contributed by atoms with Crippen molar-refractivity contribution < 1.29 is 4.74 Å². The molecular formula is C22H25N5O. The minimum atomic E-state index is 0.817. The normalized spacial score (nSPS) is 14.9. The number of rotatable bonds is 5. The van der Waals surface area contributed by atoms with E-state index in [0.717, 1.165) is 50.1 Å². The lowest BCUT2D eigenvalue weighted by molar-refractivity contribution is 0.245. The number of ether oxygens (including phenoxy) is 1. The third-order valence-corrected chi connectivity index (χ3v) is 5.15. The number of hydrogen-bond donors (Lipinski definition) is 0. The Bertz CT molecular complexity index is 923. The average Bonchev–Trinajstić information content (AvgIpc) is 2.75. The average molecular weight is 375 g/mol. The second-order valence-electron chi connectivity index (χ2n) is 6.99. The van der Waals surface area contributed by atoms with E-state index in [1.54, 1.807) is 7.11 Å². The monoisotopic (exact) mass is 375 g/mol. The number of methoxy groups -OCH3 is 1. The second-order valence-corrected chi connectivity index (χ2v) is 6.99. The molecule has 1 aliphatic heterocycles. The number of piperazine rings is 1. The van der Waals surface area contributed by atoms with Crippen molar-refractivity contribution in [2.75, 3.05) is 38.2 Å². The van der Waals surface area contributed by atoms with Gasteiger partial charge in [0.05, 0.1) is 7.11 Å². The van der Waals surface area contributed by atoms with Gasteiger partial charge in [-0.25, -0.2) is 9.97 Å². The van der Waals surface area contributed by atoms with Crippen LogP contribution in [0.15, 0.2) is 55.0 Å². The molecule has 3 heterocycles. The number of pyridine rings is 1. The molecule has 0 bridgehead atoms. The summed E-state index contributed by atoms with van der Waals surface area (Å²) < 4.78 is 5.61. The Labute approximate surface area is 165 Å². The fourth-order valence-corrected chi connectivity index (χ4v) is 3.62. The lowest BCUT2D eigenvalue weighted by Gasteiger charge is -2.35. The molecule has 0 radical (unpaired) electrons. The number of benzene rings is 1. The molecule has 144 valence electrons. The summed E-state index contributed by atoms with van der Waals surface area (Å²) in [6.45, 7) is 6.71. The quantitative estimate of drug-likeness (QED) is 0.683. The maximum atomic E-state index is 5.61.